The Bertz CT molecular complexity index is 620. The van der Waals surface area contributed by atoms with Crippen molar-refractivity contribution >= 4 is 34.4 Å². The molecule has 1 aliphatic rings. The van der Waals surface area contributed by atoms with Gasteiger partial charge in [-0.1, -0.05) is 0 Å². The second-order valence-electron chi connectivity index (χ2n) is 5.40. The van der Waals surface area contributed by atoms with Crippen LogP contribution in [0, 0.1) is 18.7 Å². The van der Waals surface area contributed by atoms with Gasteiger partial charge in [0, 0.05) is 24.9 Å². The van der Waals surface area contributed by atoms with E-state index in [9.17, 15) is 4.39 Å². The number of hydrogen-bond acceptors (Lipinski definition) is 2. The number of imidazole rings is 1. The number of benzene rings is 1. The molecule has 108 valence electrons. The number of fused-ring (bicyclic) bond motifs is 1. The molecule has 5 heteroatoms. The highest BCUT2D eigenvalue weighted by atomic mass is 35.5. The summed E-state index contributed by atoms with van der Waals surface area (Å²) in [5.41, 5.74) is 2.47. The van der Waals surface area contributed by atoms with E-state index >= 15 is 0 Å². The molecule has 2 heterocycles. The summed E-state index contributed by atoms with van der Waals surface area (Å²) >= 11 is 7.90. The third-order valence-corrected chi connectivity index (χ3v) is 5.31. The predicted molar refractivity (Wildman–Crippen MR) is 84.3 cm³/mol. The third-order valence-electron chi connectivity index (χ3n) is 3.89. The van der Waals surface area contributed by atoms with E-state index in [1.54, 1.807) is 13.0 Å². The molecular formula is C15H18ClFN2S. The minimum absolute atomic E-state index is 0.184. The van der Waals surface area contributed by atoms with Crippen molar-refractivity contribution in [3.05, 3.63) is 29.3 Å². The fourth-order valence-electron chi connectivity index (χ4n) is 2.76. The molecule has 1 unspecified atom stereocenters. The average Bonchev–Trinajstić information content (AvgIpc) is 3.02. The zero-order chi connectivity index (χ0) is 14.1. The summed E-state index contributed by atoms with van der Waals surface area (Å²) in [5.74, 6) is 4.49. The number of hydrogen-bond donors (Lipinski definition) is 0. The number of aromatic nitrogens is 2. The maximum absolute atomic E-state index is 13.7. The number of thioether (sulfide) groups is 1. The lowest BCUT2D eigenvalue weighted by molar-refractivity contribution is 0.490. The molecule has 0 saturated carbocycles. The molecule has 20 heavy (non-hydrogen) atoms. The Morgan fingerprint density at radius 3 is 3.05 bits per heavy atom. The van der Waals surface area contributed by atoms with E-state index < -0.39 is 0 Å². The number of rotatable bonds is 4. The summed E-state index contributed by atoms with van der Waals surface area (Å²) in [5, 5.41) is 0. The number of nitrogens with zero attached hydrogens (tertiary/aromatic N) is 2. The van der Waals surface area contributed by atoms with Crippen LogP contribution in [0.4, 0.5) is 4.39 Å². The van der Waals surface area contributed by atoms with Crippen LogP contribution in [0.25, 0.3) is 11.0 Å². The van der Waals surface area contributed by atoms with E-state index in [-0.39, 0.29) is 5.82 Å². The van der Waals surface area contributed by atoms with Crippen molar-refractivity contribution in [3.63, 3.8) is 0 Å². The Labute approximate surface area is 127 Å². The maximum Gasteiger partial charge on any atom is 0.128 e. The lowest BCUT2D eigenvalue weighted by Gasteiger charge is -2.13. The van der Waals surface area contributed by atoms with Gasteiger partial charge in [0.15, 0.2) is 0 Å². The summed E-state index contributed by atoms with van der Waals surface area (Å²) < 4.78 is 16.0. The first kappa shape index (κ1) is 14.2. The van der Waals surface area contributed by atoms with Crippen LogP contribution in [0.15, 0.2) is 12.1 Å². The lowest BCUT2D eigenvalue weighted by Crippen LogP contribution is -2.13. The molecule has 2 nitrogen and oxygen atoms in total. The predicted octanol–water partition coefficient (Wildman–Crippen LogP) is 4.02. The molecule has 0 radical (unpaired) electrons. The van der Waals surface area contributed by atoms with Crippen molar-refractivity contribution in [2.75, 3.05) is 17.4 Å². The number of alkyl halides is 1. The van der Waals surface area contributed by atoms with E-state index in [0.717, 1.165) is 29.8 Å². The maximum atomic E-state index is 13.7. The van der Waals surface area contributed by atoms with Crippen molar-refractivity contribution in [1.82, 2.24) is 9.55 Å². The first-order valence-corrected chi connectivity index (χ1v) is 8.67. The van der Waals surface area contributed by atoms with Crippen LogP contribution >= 0.6 is 23.4 Å². The van der Waals surface area contributed by atoms with Crippen LogP contribution in [0.2, 0.25) is 0 Å². The van der Waals surface area contributed by atoms with Gasteiger partial charge in [0.2, 0.25) is 0 Å². The van der Waals surface area contributed by atoms with Gasteiger partial charge in [-0.3, -0.25) is 0 Å². The van der Waals surface area contributed by atoms with Gasteiger partial charge in [-0.15, -0.1) is 11.6 Å². The lowest BCUT2D eigenvalue weighted by atomic mass is 10.1. The average molecular weight is 313 g/mol. The molecule has 3 rings (SSSR count). The molecule has 0 N–H and O–H groups in total. The summed E-state index contributed by atoms with van der Waals surface area (Å²) in [6, 6.07) is 3.46. The van der Waals surface area contributed by atoms with Crippen LogP contribution in [-0.4, -0.2) is 26.9 Å². The first-order chi connectivity index (χ1) is 9.69. The Hall–Kier alpha value is -0.740. The van der Waals surface area contributed by atoms with Gasteiger partial charge < -0.3 is 4.57 Å². The van der Waals surface area contributed by atoms with Crippen molar-refractivity contribution in [2.45, 2.75) is 26.3 Å². The van der Waals surface area contributed by atoms with E-state index in [2.05, 4.69) is 9.55 Å². The fourth-order valence-corrected chi connectivity index (χ4v) is 4.21. The SMILES string of the molecule is Cc1cc2c(cc1F)nc(CCCl)n2CC1CCSC1. The normalized spacial score (nSPS) is 19.1. The molecule has 0 amide bonds. The Kier molecular flexibility index (Phi) is 4.22. The quantitative estimate of drug-likeness (QED) is 0.794. The first-order valence-electron chi connectivity index (χ1n) is 6.98. The molecule has 0 aliphatic carbocycles. The van der Waals surface area contributed by atoms with Crippen LogP contribution in [0.5, 0.6) is 0 Å². The van der Waals surface area contributed by atoms with Crippen LogP contribution in [-0.2, 0) is 13.0 Å². The monoisotopic (exact) mass is 312 g/mol. The molecule has 1 fully saturated rings. The number of halogens is 2. The molecule has 1 atom stereocenters. The van der Waals surface area contributed by atoms with Gasteiger partial charge >= 0.3 is 0 Å². The zero-order valence-electron chi connectivity index (χ0n) is 11.5. The summed E-state index contributed by atoms with van der Waals surface area (Å²) in [7, 11) is 0. The molecule has 0 spiro atoms. The Balaban J connectivity index is 2.04. The van der Waals surface area contributed by atoms with Gasteiger partial charge in [-0.2, -0.15) is 11.8 Å². The van der Waals surface area contributed by atoms with E-state index in [4.69, 9.17) is 11.6 Å². The molecule has 1 saturated heterocycles. The minimum atomic E-state index is -0.184. The van der Waals surface area contributed by atoms with Crippen LogP contribution < -0.4 is 0 Å². The van der Waals surface area contributed by atoms with E-state index in [1.807, 2.05) is 17.8 Å². The molecule has 2 aromatic rings. The Morgan fingerprint density at radius 1 is 1.50 bits per heavy atom. The van der Waals surface area contributed by atoms with E-state index in [1.165, 1.54) is 17.9 Å². The van der Waals surface area contributed by atoms with E-state index in [0.29, 0.717) is 17.4 Å². The molecule has 1 aromatic heterocycles. The second kappa shape index (κ2) is 5.94. The molecular weight excluding hydrogens is 295 g/mol. The largest absolute Gasteiger partial charge is 0.328 e. The van der Waals surface area contributed by atoms with Gasteiger partial charge in [-0.25, -0.2) is 9.37 Å². The molecule has 1 aromatic carbocycles. The summed E-state index contributed by atoms with van der Waals surface area (Å²) in [4.78, 5) is 4.58. The topological polar surface area (TPSA) is 17.8 Å². The molecule has 1 aliphatic heterocycles. The molecule has 0 bridgehead atoms. The van der Waals surface area contributed by atoms with Gasteiger partial charge in [-0.05, 0) is 42.4 Å². The van der Waals surface area contributed by atoms with Gasteiger partial charge in [0.05, 0.1) is 11.0 Å². The van der Waals surface area contributed by atoms with Crippen molar-refractivity contribution < 1.29 is 4.39 Å². The second-order valence-corrected chi connectivity index (χ2v) is 6.93. The van der Waals surface area contributed by atoms with Crippen LogP contribution in [0.1, 0.15) is 17.8 Å². The van der Waals surface area contributed by atoms with Crippen molar-refractivity contribution in [2.24, 2.45) is 5.92 Å². The smallest absolute Gasteiger partial charge is 0.128 e. The van der Waals surface area contributed by atoms with Gasteiger partial charge in [0.1, 0.15) is 11.6 Å². The Morgan fingerprint density at radius 2 is 2.35 bits per heavy atom. The highest BCUT2D eigenvalue weighted by molar-refractivity contribution is 7.99. The summed E-state index contributed by atoms with van der Waals surface area (Å²) in [6.07, 6.45) is 1.99. The number of aryl methyl sites for hydroxylation is 2. The third kappa shape index (κ3) is 2.68. The highest BCUT2D eigenvalue weighted by Crippen LogP contribution is 2.28. The standard InChI is InChI=1S/C15H18ClFN2S/c1-10-6-14-13(7-12(10)17)18-15(2-4-16)19(14)8-11-3-5-20-9-11/h6-7,11H,2-5,8-9H2,1H3. The van der Waals surface area contributed by atoms with Crippen LogP contribution in [0.3, 0.4) is 0 Å². The highest BCUT2D eigenvalue weighted by Gasteiger charge is 2.20. The zero-order valence-corrected chi connectivity index (χ0v) is 13.1. The minimum Gasteiger partial charge on any atom is -0.328 e. The fraction of sp³-hybridized carbons (Fsp3) is 0.533. The van der Waals surface area contributed by atoms with Crippen molar-refractivity contribution in [1.29, 1.82) is 0 Å². The van der Waals surface area contributed by atoms with Crippen molar-refractivity contribution in [3.8, 4) is 0 Å². The summed E-state index contributed by atoms with van der Waals surface area (Å²) in [6.45, 7) is 2.78. The van der Waals surface area contributed by atoms with Gasteiger partial charge in [0.25, 0.3) is 0 Å².